The van der Waals surface area contributed by atoms with Crippen LogP contribution in [0.4, 0.5) is 0 Å². The number of fused-ring (bicyclic) bond motifs is 1. The summed E-state index contributed by atoms with van der Waals surface area (Å²) < 4.78 is 33.5. The highest BCUT2D eigenvalue weighted by Crippen LogP contribution is 2.31. The zero-order chi connectivity index (χ0) is 25.7. The Hall–Kier alpha value is -2.71. The molecule has 3 aromatic rings. The largest absolute Gasteiger partial charge is 0.469 e. The van der Waals surface area contributed by atoms with Crippen LogP contribution >= 0.6 is 23.2 Å². The van der Waals surface area contributed by atoms with Gasteiger partial charge in [-0.15, -0.1) is 0 Å². The Bertz CT molecular complexity index is 1390. The number of carbonyl (C=O) groups is 1. The van der Waals surface area contributed by atoms with Crippen LogP contribution < -0.4 is 4.72 Å². The van der Waals surface area contributed by atoms with E-state index in [2.05, 4.69) is 21.8 Å². The Morgan fingerprint density at radius 3 is 2.67 bits per heavy atom. The second-order valence-electron chi connectivity index (χ2n) is 8.61. The van der Waals surface area contributed by atoms with Crippen LogP contribution in [-0.2, 0) is 32.4 Å². The summed E-state index contributed by atoms with van der Waals surface area (Å²) in [5, 5.41) is 0.434. The van der Waals surface area contributed by atoms with E-state index < -0.39 is 10.0 Å². The summed E-state index contributed by atoms with van der Waals surface area (Å²) in [5.41, 5.74) is 5.19. The molecule has 1 aliphatic rings. The van der Waals surface area contributed by atoms with Gasteiger partial charge in [0.2, 0.25) is 10.0 Å². The summed E-state index contributed by atoms with van der Waals surface area (Å²) in [6.45, 7) is 0. The third-order valence-electron chi connectivity index (χ3n) is 6.09. The van der Waals surface area contributed by atoms with Crippen LogP contribution in [-0.4, -0.2) is 32.5 Å². The smallest absolute Gasteiger partial charge is 0.305 e. The topological polar surface area (TPSA) is 85.4 Å². The van der Waals surface area contributed by atoms with Crippen LogP contribution in [0.2, 0.25) is 10.0 Å². The van der Waals surface area contributed by atoms with Crippen LogP contribution in [0, 0.1) is 0 Å². The van der Waals surface area contributed by atoms with Crippen molar-refractivity contribution >= 4 is 44.8 Å². The van der Waals surface area contributed by atoms with Crippen molar-refractivity contribution in [2.45, 2.75) is 43.0 Å². The molecule has 0 bridgehead atoms. The Labute approximate surface area is 221 Å². The van der Waals surface area contributed by atoms with Crippen molar-refractivity contribution in [3.63, 3.8) is 0 Å². The van der Waals surface area contributed by atoms with Crippen LogP contribution in [0.15, 0.2) is 71.9 Å². The Morgan fingerprint density at radius 1 is 1.11 bits per heavy atom. The number of hydrogen-bond acceptors (Lipinski definition) is 5. The van der Waals surface area contributed by atoms with E-state index in [1.807, 2.05) is 30.5 Å². The van der Waals surface area contributed by atoms with Crippen LogP contribution in [0.3, 0.4) is 0 Å². The number of ether oxygens (including phenoxy) is 1. The van der Waals surface area contributed by atoms with Gasteiger partial charge in [0.15, 0.2) is 0 Å². The molecule has 1 heterocycles. The monoisotopic (exact) mass is 544 g/mol. The van der Waals surface area contributed by atoms with Gasteiger partial charge in [-0.3, -0.25) is 9.78 Å². The van der Waals surface area contributed by atoms with Gasteiger partial charge in [-0.05, 0) is 72.2 Å². The Morgan fingerprint density at radius 2 is 1.92 bits per heavy atom. The zero-order valence-electron chi connectivity index (χ0n) is 19.7. The molecule has 36 heavy (non-hydrogen) atoms. The Kier molecular flexibility index (Phi) is 8.46. The van der Waals surface area contributed by atoms with E-state index in [9.17, 15) is 13.2 Å². The van der Waals surface area contributed by atoms with Gasteiger partial charge in [0.05, 0.1) is 12.1 Å². The lowest BCUT2D eigenvalue weighted by atomic mass is 9.95. The van der Waals surface area contributed by atoms with Crippen molar-refractivity contribution < 1.29 is 17.9 Å². The maximum atomic E-state index is 13.0. The number of hydrogen-bond donors (Lipinski definition) is 1. The van der Waals surface area contributed by atoms with E-state index in [0.717, 1.165) is 27.8 Å². The molecule has 6 nitrogen and oxygen atoms in total. The SMILES string of the molecule is COC(=O)CCCC=C(c1cccnc1)c1ccc2c(c1)CC(NS(=O)(=O)c1cc(Cl)ccc1Cl)C2. The number of allylic oxidation sites excluding steroid dienone is 1. The normalized spacial score (nSPS) is 15.5. The number of methoxy groups -OCH3 is 1. The van der Waals surface area contributed by atoms with E-state index in [0.29, 0.717) is 37.1 Å². The summed E-state index contributed by atoms with van der Waals surface area (Å²) >= 11 is 12.1. The molecule has 0 saturated heterocycles. The number of rotatable bonds is 9. The molecule has 0 aliphatic heterocycles. The summed E-state index contributed by atoms with van der Waals surface area (Å²) in [5.74, 6) is -0.226. The minimum absolute atomic E-state index is 0.0259. The molecular formula is C27H26Cl2N2O4S. The predicted octanol–water partition coefficient (Wildman–Crippen LogP) is 5.61. The van der Waals surface area contributed by atoms with Crippen LogP contribution in [0.1, 0.15) is 41.5 Å². The average molecular weight is 545 g/mol. The van der Waals surface area contributed by atoms with Crippen molar-refractivity contribution in [3.8, 4) is 0 Å². The predicted molar refractivity (Wildman–Crippen MR) is 142 cm³/mol. The minimum Gasteiger partial charge on any atom is -0.469 e. The number of pyridine rings is 1. The van der Waals surface area contributed by atoms with Gasteiger partial charge in [-0.25, -0.2) is 13.1 Å². The number of benzene rings is 2. The lowest BCUT2D eigenvalue weighted by molar-refractivity contribution is -0.140. The lowest BCUT2D eigenvalue weighted by Crippen LogP contribution is -2.35. The van der Waals surface area contributed by atoms with Gasteiger partial charge in [0.25, 0.3) is 0 Å². The third-order valence-corrected chi connectivity index (χ3v) is 8.33. The first-order chi connectivity index (χ1) is 17.3. The molecular weight excluding hydrogens is 519 g/mol. The fourth-order valence-electron chi connectivity index (χ4n) is 4.35. The van der Waals surface area contributed by atoms with Crippen LogP contribution in [0.25, 0.3) is 5.57 Å². The van der Waals surface area contributed by atoms with Gasteiger partial charge < -0.3 is 4.74 Å². The highest BCUT2D eigenvalue weighted by Gasteiger charge is 2.28. The van der Waals surface area contributed by atoms with Gasteiger partial charge >= 0.3 is 5.97 Å². The molecule has 0 radical (unpaired) electrons. The minimum atomic E-state index is -3.83. The van der Waals surface area contributed by atoms with Crippen molar-refractivity contribution in [2.24, 2.45) is 0 Å². The molecule has 0 amide bonds. The van der Waals surface area contributed by atoms with Crippen molar-refractivity contribution in [2.75, 3.05) is 7.11 Å². The third kappa shape index (κ3) is 6.34. The molecule has 4 rings (SSSR count). The molecule has 0 spiro atoms. The molecule has 1 unspecified atom stereocenters. The molecule has 0 saturated carbocycles. The molecule has 1 aliphatic carbocycles. The lowest BCUT2D eigenvalue weighted by Gasteiger charge is -2.14. The molecule has 0 fully saturated rings. The van der Waals surface area contributed by atoms with Gasteiger partial charge in [0.1, 0.15) is 4.90 Å². The molecule has 1 N–H and O–H groups in total. The van der Waals surface area contributed by atoms with Crippen LogP contribution in [0.5, 0.6) is 0 Å². The summed E-state index contributed by atoms with van der Waals surface area (Å²) in [7, 11) is -2.44. The number of nitrogens with zero attached hydrogens (tertiary/aromatic N) is 1. The van der Waals surface area contributed by atoms with E-state index in [1.165, 1.54) is 19.2 Å². The molecule has 9 heteroatoms. The summed E-state index contributed by atoms with van der Waals surface area (Å²) in [4.78, 5) is 15.7. The number of nitrogens with one attached hydrogen (secondary N) is 1. The zero-order valence-corrected chi connectivity index (χ0v) is 22.0. The number of esters is 1. The quantitative estimate of drug-likeness (QED) is 0.279. The fourth-order valence-corrected chi connectivity index (χ4v) is 6.35. The number of aromatic nitrogens is 1. The first-order valence-corrected chi connectivity index (χ1v) is 13.8. The first kappa shape index (κ1) is 26.4. The number of unbranched alkanes of at least 4 members (excludes halogenated alkanes) is 1. The maximum Gasteiger partial charge on any atom is 0.305 e. The molecule has 1 atom stereocenters. The summed E-state index contributed by atoms with van der Waals surface area (Å²) in [6, 6.07) is 14.2. The number of sulfonamides is 1. The van der Waals surface area contributed by atoms with E-state index in [4.69, 9.17) is 27.9 Å². The highest BCUT2D eigenvalue weighted by molar-refractivity contribution is 7.89. The second-order valence-corrected chi connectivity index (χ2v) is 11.1. The number of halogens is 2. The average Bonchev–Trinajstić information content (AvgIpc) is 3.26. The molecule has 188 valence electrons. The van der Waals surface area contributed by atoms with E-state index in [-0.39, 0.29) is 21.9 Å². The van der Waals surface area contributed by atoms with Crippen molar-refractivity contribution in [1.82, 2.24) is 9.71 Å². The Balaban J connectivity index is 1.54. The molecule has 2 aromatic carbocycles. The summed E-state index contributed by atoms with van der Waals surface area (Å²) in [6.07, 6.45) is 8.53. The van der Waals surface area contributed by atoms with Gasteiger partial charge in [0, 0.05) is 35.4 Å². The van der Waals surface area contributed by atoms with E-state index >= 15 is 0 Å². The fraction of sp³-hybridized carbons (Fsp3) is 0.259. The van der Waals surface area contributed by atoms with E-state index in [1.54, 1.807) is 12.3 Å². The van der Waals surface area contributed by atoms with Crippen molar-refractivity contribution in [3.05, 3.63) is 99.3 Å². The first-order valence-electron chi connectivity index (χ1n) is 11.5. The molecule has 1 aromatic heterocycles. The maximum absolute atomic E-state index is 13.0. The van der Waals surface area contributed by atoms with Gasteiger partial charge in [-0.2, -0.15) is 0 Å². The second kappa shape index (κ2) is 11.6. The van der Waals surface area contributed by atoms with Crippen molar-refractivity contribution in [1.29, 1.82) is 0 Å². The number of carbonyl (C=O) groups excluding carboxylic acids is 1. The standard InChI is InChI=1S/C27H26Cl2N2O4S/c1-35-27(32)7-3-2-6-24(20-5-4-12-30-17-20)19-9-8-18-14-23(15-21(18)13-19)31-36(33,34)26-16-22(28)10-11-25(26)29/h4-6,8-13,16-17,23,31H,2-3,7,14-15H2,1H3. The highest BCUT2D eigenvalue weighted by atomic mass is 35.5. The van der Waals surface area contributed by atoms with Gasteiger partial charge in [-0.1, -0.05) is 53.5 Å².